The van der Waals surface area contributed by atoms with Gasteiger partial charge in [0.2, 0.25) is 0 Å². The Bertz CT molecular complexity index is 896. The van der Waals surface area contributed by atoms with E-state index in [1.807, 2.05) is 25.4 Å². The van der Waals surface area contributed by atoms with Crippen LogP contribution in [0.4, 0.5) is 5.82 Å². The fraction of sp³-hybridized carbons (Fsp3) is 0.312. The Kier molecular flexibility index (Phi) is 3.86. The SMILES string of the molecule is Cn1cc2c(NCCc3cc(Cl)c4c(c3)OCCO4)ncnc2n1. The number of nitrogens with zero attached hydrogens (tertiary/aromatic N) is 4. The van der Waals surface area contributed by atoms with Crippen molar-refractivity contribution >= 4 is 28.5 Å². The van der Waals surface area contributed by atoms with Crippen molar-refractivity contribution in [3.8, 4) is 11.5 Å². The molecule has 0 bridgehead atoms. The van der Waals surface area contributed by atoms with Crippen molar-refractivity contribution in [2.24, 2.45) is 7.05 Å². The molecule has 1 aliphatic rings. The summed E-state index contributed by atoms with van der Waals surface area (Å²) in [7, 11) is 1.86. The number of nitrogens with one attached hydrogen (secondary N) is 1. The van der Waals surface area contributed by atoms with Crippen molar-refractivity contribution in [2.45, 2.75) is 6.42 Å². The van der Waals surface area contributed by atoms with Crippen molar-refractivity contribution in [3.05, 3.63) is 35.2 Å². The number of benzene rings is 1. The normalized spacial score (nSPS) is 13.2. The van der Waals surface area contributed by atoms with Crippen LogP contribution in [0.25, 0.3) is 11.0 Å². The Morgan fingerprint density at radius 1 is 1.25 bits per heavy atom. The maximum atomic E-state index is 6.27. The van der Waals surface area contributed by atoms with Crippen LogP contribution in [0.15, 0.2) is 24.7 Å². The molecule has 1 aliphatic heterocycles. The molecule has 0 unspecified atom stereocenters. The van der Waals surface area contributed by atoms with Gasteiger partial charge in [-0.3, -0.25) is 4.68 Å². The molecule has 3 aromatic rings. The molecule has 0 amide bonds. The highest BCUT2D eigenvalue weighted by molar-refractivity contribution is 6.32. The van der Waals surface area contributed by atoms with E-state index in [1.54, 1.807) is 4.68 Å². The third kappa shape index (κ3) is 2.82. The van der Waals surface area contributed by atoms with Gasteiger partial charge in [-0.2, -0.15) is 5.10 Å². The number of rotatable bonds is 4. The molecule has 3 heterocycles. The summed E-state index contributed by atoms with van der Waals surface area (Å²) in [6, 6.07) is 3.89. The number of halogens is 1. The van der Waals surface area contributed by atoms with E-state index in [-0.39, 0.29) is 0 Å². The summed E-state index contributed by atoms with van der Waals surface area (Å²) in [5, 5.41) is 9.09. The standard InChI is InChI=1S/C16H16ClN5O2/c1-22-8-11-15(19-9-20-16(11)21-22)18-3-2-10-6-12(17)14-13(7-10)23-4-5-24-14/h6-9H,2-5H2,1H3,(H,18,19,20,21). The first kappa shape index (κ1) is 15.0. The Hall–Kier alpha value is -2.54. The van der Waals surface area contributed by atoms with E-state index >= 15 is 0 Å². The zero-order chi connectivity index (χ0) is 16.5. The number of aromatic nitrogens is 4. The highest BCUT2D eigenvalue weighted by Crippen LogP contribution is 2.38. The summed E-state index contributed by atoms with van der Waals surface area (Å²) >= 11 is 6.27. The van der Waals surface area contributed by atoms with E-state index < -0.39 is 0 Å². The topological polar surface area (TPSA) is 74.1 Å². The van der Waals surface area contributed by atoms with Crippen LogP contribution < -0.4 is 14.8 Å². The Labute approximate surface area is 143 Å². The first-order chi connectivity index (χ1) is 11.7. The smallest absolute Gasteiger partial charge is 0.186 e. The van der Waals surface area contributed by atoms with Gasteiger partial charge in [-0.15, -0.1) is 0 Å². The third-order valence-corrected chi connectivity index (χ3v) is 4.07. The van der Waals surface area contributed by atoms with E-state index in [2.05, 4.69) is 20.4 Å². The summed E-state index contributed by atoms with van der Waals surface area (Å²) in [4.78, 5) is 8.45. The van der Waals surface area contributed by atoms with Gasteiger partial charge < -0.3 is 14.8 Å². The lowest BCUT2D eigenvalue weighted by Gasteiger charge is -2.20. The van der Waals surface area contributed by atoms with E-state index in [4.69, 9.17) is 21.1 Å². The minimum absolute atomic E-state index is 0.530. The van der Waals surface area contributed by atoms with Crippen LogP contribution in [-0.4, -0.2) is 39.5 Å². The van der Waals surface area contributed by atoms with Crippen LogP contribution in [0, 0.1) is 0 Å². The van der Waals surface area contributed by atoms with Crippen LogP contribution in [0.2, 0.25) is 5.02 Å². The molecular weight excluding hydrogens is 330 g/mol. The van der Waals surface area contributed by atoms with Gasteiger partial charge in [-0.25, -0.2) is 9.97 Å². The van der Waals surface area contributed by atoms with Gasteiger partial charge in [-0.05, 0) is 24.1 Å². The molecule has 0 aliphatic carbocycles. The monoisotopic (exact) mass is 345 g/mol. The summed E-state index contributed by atoms with van der Waals surface area (Å²) in [5.74, 6) is 2.12. The lowest BCUT2D eigenvalue weighted by molar-refractivity contribution is 0.171. The predicted octanol–water partition coefficient (Wildman–Crippen LogP) is 2.44. The molecule has 0 saturated heterocycles. The quantitative estimate of drug-likeness (QED) is 0.783. The second-order valence-electron chi connectivity index (χ2n) is 5.54. The van der Waals surface area contributed by atoms with Crippen LogP contribution in [0.1, 0.15) is 5.56 Å². The van der Waals surface area contributed by atoms with Gasteiger partial charge in [0.05, 0.1) is 10.4 Å². The van der Waals surface area contributed by atoms with Gasteiger partial charge in [0.25, 0.3) is 0 Å². The molecule has 1 N–H and O–H groups in total. The molecular formula is C16H16ClN5O2. The molecule has 0 radical (unpaired) electrons. The number of hydrogen-bond acceptors (Lipinski definition) is 6. The Balaban J connectivity index is 1.48. The molecule has 8 heteroatoms. The lowest BCUT2D eigenvalue weighted by atomic mass is 10.1. The average molecular weight is 346 g/mol. The van der Waals surface area contributed by atoms with E-state index in [1.165, 1.54) is 6.33 Å². The van der Waals surface area contributed by atoms with Crippen molar-refractivity contribution in [1.29, 1.82) is 0 Å². The van der Waals surface area contributed by atoms with Crippen molar-refractivity contribution in [1.82, 2.24) is 19.7 Å². The number of hydrogen-bond donors (Lipinski definition) is 1. The van der Waals surface area contributed by atoms with Gasteiger partial charge in [0.15, 0.2) is 17.1 Å². The first-order valence-electron chi connectivity index (χ1n) is 7.67. The molecule has 4 rings (SSSR count). The molecule has 1 aromatic carbocycles. The molecule has 0 atom stereocenters. The van der Waals surface area contributed by atoms with Gasteiger partial charge >= 0.3 is 0 Å². The second-order valence-corrected chi connectivity index (χ2v) is 5.95. The third-order valence-electron chi connectivity index (χ3n) is 3.79. The zero-order valence-electron chi connectivity index (χ0n) is 13.1. The predicted molar refractivity (Wildman–Crippen MR) is 90.9 cm³/mol. The Morgan fingerprint density at radius 3 is 3.04 bits per heavy atom. The largest absolute Gasteiger partial charge is 0.486 e. The summed E-state index contributed by atoms with van der Waals surface area (Å²) in [6.45, 7) is 1.78. The zero-order valence-corrected chi connectivity index (χ0v) is 13.9. The average Bonchev–Trinajstić information content (AvgIpc) is 2.96. The van der Waals surface area contributed by atoms with Gasteiger partial charge in [0, 0.05) is 19.8 Å². The minimum Gasteiger partial charge on any atom is -0.486 e. The number of anilines is 1. The van der Waals surface area contributed by atoms with E-state index in [0.29, 0.717) is 41.9 Å². The highest BCUT2D eigenvalue weighted by Gasteiger charge is 2.16. The molecule has 0 fully saturated rings. The summed E-state index contributed by atoms with van der Waals surface area (Å²) in [6.07, 6.45) is 4.19. The number of aryl methyl sites for hydroxylation is 1. The molecule has 0 saturated carbocycles. The molecule has 2 aromatic heterocycles. The van der Waals surface area contributed by atoms with Crippen molar-refractivity contribution < 1.29 is 9.47 Å². The fourth-order valence-corrected chi connectivity index (χ4v) is 3.01. The van der Waals surface area contributed by atoms with Crippen LogP contribution >= 0.6 is 11.6 Å². The minimum atomic E-state index is 0.530. The van der Waals surface area contributed by atoms with Crippen LogP contribution in [0.5, 0.6) is 11.5 Å². The number of ether oxygens (including phenoxy) is 2. The first-order valence-corrected chi connectivity index (χ1v) is 8.05. The second kappa shape index (κ2) is 6.16. The van der Waals surface area contributed by atoms with Crippen LogP contribution in [-0.2, 0) is 13.5 Å². The molecule has 0 spiro atoms. The van der Waals surface area contributed by atoms with Crippen molar-refractivity contribution in [3.63, 3.8) is 0 Å². The van der Waals surface area contributed by atoms with Gasteiger partial charge in [-0.1, -0.05) is 11.6 Å². The Morgan fingerprint density at radius 2 is 2.12 bits per heavy atom. The van der Waals surface area contributed by atoms with Crippen molar-refractivity contribution in [2.75, 3.05) is 25.1 Å². The fourth-order valence-electron chi connectivity index (χ4n) is 2.72. The maximum absolute atomic E-state index is 6.27. The van der Waals surface area contributed by atoms with Gasteiger partial charge in [0.1, 0.15) is 25.4 Å². The molecule has 7 nitrogen and oxygen atoms in total. The number of fused-ring (bicyclic) bond motifs is 2. The maximum Gasteiger partial charge on any atom is 0.186 e. The van der Waals surface area contributed by atoms with E-state index in [9.17, 15) is 0 Å². The highest BCUT2D eigenvalue weighted by atomic mass is 35.5. The summed E-state index contributed by atoms with van der Waals surface area (Å²) < 4.78 is 12.9. The summed E-state index contributed by atoms with van der Waals surface area (Å²) in [5.41, 5.74) is 1.76. The molecule has 124 valence electrons. The van der Waals surface area contributed by atoms with E-state index in [0.717, 1.165) is 23.2 Å². The van der Waals surface area contributed by atoms with Crippen LogP contribution in [0.3, 0.4) is 0 Å². The lowest BCUT2D eigenvalue weighted by Crippen LogP contribution is -2.16. The molecule has 24 heavy (non-hydrogen) atoms.